The second kappa shape index (κ2) is 9.47. The van der Waals surface area contributed by atoms with Crippen LogP contribution in [-0.4, -0.2) is 0 Å². The first-order valence-electron chi connectivity index (χ1n) is 10.2. The Balaban J connectivity index is 1.39. The third kappa shape index (κ3) is 5.51. The Hall–Kier alpha value is -0.460. The minimum Gasteiger partial charge on any atom is -0.0914 e. The van der Waals surface area contributed by atoms with Crippen LogP contribution >= 0.6 is 23.2 Å². The van der Waals surface area contributed by atoms with Gasteiger partial charge in [-0.1, -0.05) is 54.3 Å². The number of aryl methyl sites for hydroxylation is 1. The molecule has 0 heterocycles. The summed E-state index contributed by atoms with van der Waals surface area (Å²) in [6.45, 7) is 2.16. The van der Waals surface area contributed by atoms with Crippen molar-refractivity contribution < 1.29 is 0 Å². The van der Waals surface area contributed by atoms with E-state index < -0.39 is 0 Å². The van der Waals surface area contributed by atoms with Crippen molar-refractivity contribution in [3.8, 4) is 0 Å². The van der Waals surface area contributed by atoms with Crippen molar-refractivity contribution in [1.82, 2.24) is 0 Å². The lowest BCUT2D eigenvalue weighted by molar-refractivity contribution is 0.152. The number of hydrogen-bond acceptors (Lipinski definition) is 0. The Labute approximate surface area is 164 Å². The van der Waals surface area contributed by atoms with E-state index in [1.807, 2.05) is 12.1 Å². The first-order valence-corrected chi connectivity index (χ1v) is 11.0. The van der Waals surface area contributed by atoms with Crippen LogP contribution in [0.25, 0.3) is 0 Å². The highest BCUT2D eigenvalue weighted by atomic mass is 35.5. The van der Waals surface area contributed by atoms with Crippen LogP contribution in [-0.2, 0) is 6.42 Å². The van der Waals surface area contributed by atoms with E-state index in [1.165, 1.54) is 63.4 Å². The largest absolute Gasteiger partial charge is 0.0914 e. The van der Waals surface area contributed by atoms with E-state index in [4.69, 9.17) is 23.2 Å². The van der Waals surface area contributed by atoms with E-state index in [1.54, 1.807) is 0 Å². The lowest BCUT2D eigenvalue weighted by Gasteiger charge is -2.37. The molecule has 0 aliphatic heterocycles. The Morgan fingerprint density at radius 3 is 2.12 bits per heavy atom. The first kappa shape index (κ1) is 19.3. The smallest absolute Gasteiger partial charge is 0.0595 e. The van der Waals surface area contributed by atoms with Gasteiger partial charge in [-0.25, -0.2) is 0 Å². The highest BCUT2D eigenvalue weighted by Gasteiger charge is 2.30. The van der Waals surface area contributed by atoms with Gasteiger partial charge in [0.1, 0.15) is 0 Å². The molecule has 2 aliphatic carbocycles. The Morgan fingerprint density at radius 2 is 1.52 bits per heavy atom. The van der Waals surface area contributed by atoms with Crippen molar-refractivity contribution in [3.05, 3.63) is 46.0 Å². The fraction of sp³-hybridized carbons (Fsp3) is 0.652. The van der Waals surface area contributed by atoms with Gasteiger partial charge in [0, 0.05) is 0 Å². The number of benzene rings is 1. The van der Waals surface area contributed by atoms with Crippen LogP contribution in [0.5, 0.6) is 0 Å². The van der Waals surface area contributed by atoms with Crippen LogP contribution < -0.4 is 0 Å². The zero-order valence-corrected chi connectivity index (χ0v) is 17.0. The molecular formula is C23H32Cl2. The second-order valence-electron chi connectivity index (χ2n) is 8.27. The molecule has 0 amide bonds. The molecule has 0 bridgehead atoms. The molecule has 2 aliphatic rings. The molecule has 0 aromatic heterocycles. The van der Waals surface area contributed by atoms with Crippen LogP contribution in [0.4, 0.5) is 0 Å². The van der Waals surface area contributed by atoms with Crippen molar-refractivity contribution in [2.45, 2.75) is 71.1 Å². The average molecular weight is 379 g/mol. The van der Waals surface area contributed by atoms with Gasteiger partial charge >= 0.3 is 0 Å². The summed E-state index contributed by atoms with van der Waals surface area (Å²) in [5.74, 6) is 3.79. The van der Waals surface area contributed by atoms with Crippen molar-refractivity contribution in [2.24, 2.45) is 23.7 Å². The molecule has 0 nitrogen and oxygen atoms in total. The zero-order valence-electron chi connectivity index (χ0n) is 15.5. The molecule has 25 heavy (non-hydrogen) atoms. The van der Waals surface area contributed by atoms with E-state index >= 15 is 0 Å². The molecule has 2 fully saturated rings. The maximum atomic E-state index is 6.13. The van der Waals surface area contributed by atoms with Crippen LogP contribution in [0.3, 0.4) is 0 Å². The van der Waals surface area contributed by atoms with Crippen molar-refractivity contribution in [2.75, 3.05) is 0 Å². The maximum Gasteiger partial charge on any atom is 0.0595 e. The molecule has 138 valence electrons. The standard InChI is InChI=1S/C23H32Cl2/c1-2-3-17-6-11-20(12-7-17)21-13-8-18(9-14-21)4-5-19-10-15-22(24)23(25)16-19/h2-3,10,15-18,20-21H,4-9,11-14H2,1H3/b3-2+/t17-,18?,20-,21?. The number of rotatable bonds is 5. The summed E-state index contributed by atoms with van der Waals surface area (Å²) in [7, 11) is 0. The Morgan fingerprint density at radius 1 is 0.880 bits per heavy atom. The normalized spacial score (nSPS) is 30.7. The number of halogens is 2. The molecule has 0 atom stereocenters. The van der Waals surface area contributed by atoms with Crippen LogP contribution in [0, 0.1) is 23.7 Å². The summed E-state index contributed by atoms with van der Waals surface area (Å²) in [5.41, 5.74) is 1.33. The Bertz CT molecular complexity index is 561. The topological polar surface area (TPSA) is 0 Å². The predicted molar refractivity (Wildman–Crippen MR) is 110 cm³/mol. The third-order valence-corrected chi connectivity index (χ3v) is 7.40. The fourth-order valence-electron chi connectivity index (χ4n) is 5.10. The maximum absolute atomic E-state index is 6.13. The lowest BCUT2D eigenvalue weighted by Crippen LogP contribution is -2.25. The molecule has 0 N–H and O–H groups in total. The van der Waals surface area contributed by atoms with Crippen LogP contribution in [0.2, 0.25) is 10.0 Å². The van der Waals surface area contributed by atoms with Gasteiger partial charge in [0.2, 0.25) is 0 Å². The van der Waals surface area contributed by atoms with Gasteiger partial charge in [-0.3, -0.25) is 0 Å². The zero-order chi connectivity index (χ0) is 17.6. The fourth-order valence-corrected chi connectivity index (χ4v) is 5.42. The molecule has 1 aromatic rings. The number of hydrogen-bond donors (Lipinski definition) is 0. The molecular weight excluding hydrogens is 347 g/mol. The van der Waals surface area contributed by atoms with Gasteiger partial charge in [0.15, 0.2) is 0 Å². The predicted octanol–water partition coefficient (Wildman–Crippen LogP) is 8.11. The van der Waals surface area contributed by atoms with Gasteiger partial charge < -0.3 is 0 Å². The highest BCUT2D eigenvalue weighted by Crippen LogP contribution is 2.42. The molecule has 3 rings (SSSR count). The Kier molecular flexibility index (Phi) is 7.31. The summed E-state index contributed by atoms with van der Waals surface area (Å²) in [5, 5.41) is 1.35. The van der Waals surface area contributed by atoms with Gasteiger partial charge in [-0.2, -0.15) is 0 Å². The van der Waals surface area contributed by atoms with E-state index in [-0.39, 0.29) is 0 Å². The number of allylic oxidation sites excluding steroid dienone is 2. The third-order valence-electron chi connectivity index (χ3n) is 6.66. The van der Waals surface area contributed by atoms with Gasteiger partial charge in [0.25, 0.3) is 0 Å². The first-order chi connectivity index (χ1) is 12.2. The van der Waals surface area contributed by atoms with E-state index in [0.29, 0.717) is 10.0 Å². The van der Waals surface area contributed by atoms with Crippen LogP contribution in [0.15, 0.2) is 30.4 Å². The van der Waals surface area contributed by atoms with Gasteiger partial charge in [-0.05, 0) is 99.7 Å². The quantitative estimate of drug-likeness (QED) is 0.453. The average Bonchev–Trinajstić information content (AvgIpc) is 2.64. The summed E-state index contributed by atoms with van der Waals surface area (Å²) in [6.07, 6.45) is 18.7. The summed E-state index contributed by atoms with van der Waals surface area (Å²) in [4.78, 5) is 0. The van der Waals surface area contributed by atoms with Gasteiger partial charge in [-0.15, -0.1) is 0 Å². The SMILES string of the molecule is C/C=C/[C@H]1CC[C@H](C2CCC(CCc3ccc(Cl)c(Cl)c3)CC2)CC1. The van der Waals surface area contributed by atoms with E-state index in [2.05, 4.69) is 25.1 Å². The molecule has 0 radical (unpaired) electrons. The lowest BCUT2D eigenvalue weighted by atomic mass is 9.68. The molecule has 0 spiro atoms. The van der Waals surface area contributed by atoms with Crippen molar-refractivity contribution in [3.63, 3.8) is 0 Å². The minimum atomic E-state index is 0.662. The summed E-state index contributed by atoms with van der Waals surface area (Å²) in [6, 6.07) is 6.10. The second-order valence-corrected chi connectivity index (χ2v) is 9.08. The molecule has 0 unspecified atom stereocenters. The minimum absolute atomic E-state index is 0.662. The van der Waals surface area contributed by atoms with E-state index in [0.717, 1.165) is 30.1 Å². The summed E-state index contributed by atoms with van der Waals surface area (Å²) >= 11 is 12.1. The molecule has 2 heteroatoms. The van der Waals surface area contributed by atoms with Crippen molar-refractivity contribution >= 4 is 23.2 Å². The molecule has 2 saturated carbocycles. The van der Waals surface area contributed by atoms with Gasteiger partial charge in [0.05, 0.1) is 10.0 Å². The van der Waals surface area contributed by atoms with Crippen LogP contribution in [0.1, 0.15) is 70.3 Å². The van der Waals surface area contributed by atoms with E-state index in [9.17, 15) is 0 Å². The molecule has 0 saturated heterocycles. The molecule has 1 aromatic carbocycles. The van der Waals surface area contributed by atoms with Crippen molar-refractivity contribution in [1.29, 1.82) is 0 Å². The summed E-state index contributed by atoms with van der Waals surface area (Å²) < 4.78 is 0. The highest BCUT2D eigenvalue weighted by molar-refractivity contribution is 6.42. The monoisotopic (exact) mass is 378 g/mol.